The zero-order chi connectivity index (χ0) is 32.7. The topological polar surface area (TPSA) is 89.9 Å². The highest BCUT2D eigenvalue weighted by Crippen LogP contribution is 2.89. The van der Waals surface area contributed by atoms with Crippen LogP contribution in [0.4, 0.5) is 0 Å². The lowest BCUT2D eigenvalue weighted by Crippen LogP contribution is -2.60. The van der Waals surface area contributed by atoms with Gasteiger partial charge in [0.05, 0.1) is 62.4 Å². The van der Waals surface area contributed by atoms with Gasteiger partial charge < -0.3 is 33.9 Å². The average Bonchev–Trinajstić information content (AvgIpc) is 3.58. The molecule has 8 heteroatoms. The Labute approximate surface area is 277 Å². The van der Waals surface area contributed by atoms with Crippen LogP contribution in [-0.4, -0.2) is 104 Å². The molecule has 3 saturated heterocycles. The standard InChI is InChI=1S/C38H63NO7/c1-22-17-24(32(42-8)34(4,5)41)45-30-29(22)35(6)13-14-38-21-37(38)12-11-27(46-28-18-39(15-16-44-28)23-19-43-20-23)33(2,3)25(37)9-10-26(38)36(35,7)31(30)40/h22-32,40-41H,9-21H2,1-8H3/t22-,24-,25+,26+,27+,28+,29+,30+,31+,32+,35-,36-,37-,38+/m1/s1. The van der Waals surface area contributed by atoms with Crippen LogP contribution < -0.4 is 0 Å². The van der Waals surface area contributed by atoms with E-state index in [4.69, 9.17) is 23.7 Å². The summed E-state index contributed by atoms with van der Waals surface area (Å²) in [5.74, 6) is 1.85. The van der Waals surface area contributed by atoms with Gasteiger partial charge in [0.1, 0.15) is 6.10 Å². The molecule has 262 valence electrons. The highest BCUT2D eigenvalue weighted by atomic mass is 16.7. The van der Waals surface area contributed by atoms with Gasteiger partial charge in [-0.15, -0.1) is 0 Å². The molecule has 5 aliphatic carbocycles. The molecule has 0 aromatic rings. The molecule has 0 unspecified atom stereocenters. The third kappa shape index (κ3) is 4.20. The molecule has 2 spiro atoms. The Hall–Kier alpha value is -0.320. The normalized spacial score (nSPS) is 54.0. The van der Waals surface area contributed by atoms with E-state index in [0.717, 1.165) is 45.8 Å². The van der Waals surface area contributed by atoms with Gasteiger partial charge in [0.2, 0.25) is 0 Å². The van der Waals surface area contributed by atoms with Gasteiger partial charge in [0.25, 0.3) is 0 Å². The summed E-state index contributed by atoms with van der Waals surface area (Å²) < 4.78 is 31.3. The van der Waals surface area contributed by atoms with Gasteiger partial charge >= 0.3 is 0 Å². The summed E-state index contributed by atoms with van der Waals surface area (Å²) >= 11 is 0. The van der Waals surface area contributed by atoms with Crippen molar-refractivity contribution in [3.8, 4) is 0 Å². The van der Waals surface area contributed by atoms with E-state index in [9.17, 15) is 10.2 Å². The largest absolute Gasteiger partial charge is 0.390 e. The van der Waals surface area contributed by atoms with Crippen molar-refractivity contribution in [2.75, 3.05) is 40.0 Å². The van der Waals surface area contributed by atoms with E-state index in [2.05, 4.69) is 39.5 Å². The maximum atomic E-state index is 12.5. The predicted octanol–water partition coefficient (Wildman–Crippen LogP) is 5.03. The summed E-state index contributed by atoms with van der Waals surface area (Å²) in [6.07, 6.45) is 8.05. The van der Waals surface area contributed by atoms with Gasteiger partial charge in [-0.2, -0.15) is 0 Å². The minimum absolute atomic E-state index is 0.0246. The maximum Gasteiger partial charge on any atom is 0.170 e. The van der Waals surface area contributed by atoms with Crippen molar-refractivity contribution in [3.63, 3.8) is 0 Å². The summed E-state index contributed by atoms with van der Waals surface area (Å²) in [4.78, 5) is 2.51. The van der Waals surface area contributed by atoms with E-state index in [1.807, 2.05) is 13.8 Å². The van der Waals surface area contributed by atoms with E-state index in [1.165, 1.54) is 38.5 Å². The number of methoxy groups -OCH3 is 1. The zero-order valence-corrected chi connectivity index (χ0v) is 29.9. The average molecular weight is 646 g/mol. The van der Waals surface area contributed by atoms with Gasteiger partial charge in [-0.05, 0) is 111 Å². The highest BCUT2D eigenvalue weighted by Gasteiger charge is 2.84. The Bertz CT molecular complexity index is 1190. The molecular formula is C38H63NO7. The number of nitrogens with zero attached hydrogens (tertiary/aromatic N) is 1. The Morgan fingerprint density at radius 1 is 0.978 bits per heavy atom. The molecule has 3 aliphatic heterocycles. The Morgan fingerprint density at radius 2 is 1.70 bits per heavy atom. The van der Waals surface area contributed by atoms with E-state index < -0.39 is 17.8 Å². The van der Waals surface area contributed by atoms with Gasteiger partial charge in [-0.25, -0.2) is 0 Å². The minimum Gasteiger partial charge on any atom is -0.390 e. The number of rotatable bonds is 6. The zero-order valence-electron chi connectivity index (χ0n) is 29.9. The van der Waals surface area contributed by atoms with Crippen molar-refractivity contribution in [1.29, 1.82) is 0 Å². The lowest BCUT2D eigenvalue weighted by Gasteiger charge is -2.64. The molecule has 8 aliphatic rings. The monoisotopic (exact) mass is 645 g/mol. The first kappa shape index (κ1) is 32.9. The van der Waals surface area contributed by atoms with Crippen LogP contribution in [0.3, 0.4) is 0 Å². The first-order valence-corrected chi connectivity index (χ1v) is 18.8. The van der Waals surface area contributed by atoms with Crippen molar-refractivity contribution in [1.82, 2.24) is 4.90 Å². The Balaban J connectivity index is 1.03. The maximum absolute atomic E-state index is 12.5. The number of morpholine rings is 1. The van der Waals surface area contributed by atoms with Crippen LogP contribution in [0.5, 0.6) is 0 Å². The molecule has 0 bridgehead atoms. The Morgan fingerprint density at radius 3 is 2.37 bits per heavy atom. The fraction of sp³-hybridized carbons (Fsp3) is 1.00. The highest BCUT2D eigenvalue weighted by molar-refractivity contribution is 5.33. The smallest absolute Gasteiger partial charge is 0.170 e. The summed E-state index contributed by atoms with van der Waals surface area (Å²) in [5, 5.41) is 23.5. The Kier molecular flexibility index (Phi) is 7.57. The molecule has 3 heterocycles. The summed E-state index contributed by atoms with van der Waals surface area (Å²) in [7, 11) is 1.67. The number of hydrogen-bond donors (Lipinski definition) is 2. The predicted molar refractivity (Wildman–Crippen MR) is 174 cm³/mol. The fourth-order valence-electron chi connectivity index (χ4n) is 14.3. The molecule has 2 N–H and O–H groups in total. The molecule has 0 aromatic heterocycles. The third-order valence-corrected chi connectivity index (χ3v) is 16.6. The molecule has 8 rings (SSSR count). The van der Waals surface area contributed by atoms with Crippen LogP contribution >= 0.6 is 0 Å². The summed E-state index contributed by atoms with van der Waals surface area (Å²) in [6.45, 7) is 20.2. The SMILES string of the molecule is CO[C@@H]([C@H]1C[C@@H](C)[C@H]2[C@H](O1)[C@H](O)[C@@]1(C)[C@@H]3CC[C@H]4C(C)(C)[C@@H](O[C@H]5CN(C6COC6)CCO5)CC[C@@]45C[C@@]35CC[C@]21C)C(C)(C)O. The lowest BCUT2D eigenvalue weighted by atomic mass is 9.41. The number of hydrogen-bond acceptors (Lipinski definition) is 8. The van der Waals surface area contributed by atoms with Gasteiger partial charge in [-0.1, -0.05) is 34.6 Å². The first-order valence-electron chi connectivity index (χ1n) is 18.8. The van der Waals surface area contributed by atoms with Crippen LogP contribution in [0.15, 0.2) is 0 Å². The van der Waals surface area contributed by atoms with Crippen LogP contribution in [0.2, 0.25) is 0 Å². The molecule has 5 saturated carbocycles. The molecule has 8 fully saturated rings. The van der Waals surface area contributed by atoms with E-state index in [0.29, 0.717) is 40.5 Å². The van der Waals surface area contributed by atoms with E-state index in [-0.39, 0.29) is 40.8 Å². The molecular weight excluding hydrogens is 582 g/mol. The van der Waals surface area contributed by atoms with Gasteiger partial charge in [-0.3, -0.25) is 4.90 Å². The van der Waals surface area contributed by atoms with E-state index >= 15 is 0 Å². The number of ether oxygens (including phenoxy) is 5. The molecule has 14 atom stereocenters. The second kappa shape index (κ2) is 10.6. The molecule has 0 amide bonds. The van der Waals surface area contributed by atoms with Crippen molar-refractivity contribution in [3.05, 3.63) is 0 Å². The van der Waals surface area contributed by atoms with Crippen LogP contribution in [0.25, 0.3) is 0 Å². The molecule has 8 nitrogen and oxygen atoms in total. The second-order valence-electron chi connectivity index (χ2n) is 19.0. The van der Waals surface area contributed by atoms with Crippen LogP contribution in [0, 0.1) is 50.7 Å². The van der Waals surface area contributed by atoms with Gasteiger partial charge in [0.15, 0.2) is 6.29 Å². The number of fused-ring (bicyclic) bond motifs is 4. The third-order valence-electron chi connectivity index (χ3n) is 16.6. The first-order chi connectivity index (χ1) is 21.6. The van der Waals surface area contributed by atoms with Crippen molar-refractivity contribution in [2.45, 2.75) is 148 Å². The fourth-order valence-corrected chi connectivity index (χ4v) is 14.3. The van der Waals surface area contributed by atoms with Gasteiger partial charge in [0, 0.05) is 19.1 Å². The summed E-state index contributed by atoms with van der Waals surface area (Å²) in [5.41, 5.74) is -0.430. The molecule has 46 heavy (non-hydrogen) atoms. The van der Waals surface area contributed by atoms with E-state index in [1.54, 1.807) is 7.11 Å². The van der Waals surface area contributed by atoms with Crippen LogP contribution in [0.1, 0.15) is 99.8 Å². The molecule has 0 aromatic carbocycles. The second-order valence-corrected chi connectivity index (χ2v) is 19.0. The minimum atomic E-state index is -1.01. The number of aliphatic hydroxyl groups excluding tert-OH is 1. The quantitative estimate of drug-likeness (QED) is 0.416. The molecule has 0 radical (unpaired) electrons. The van der Waals surface area contributed by atoms with Crippen molar-refractivity contribution in [2.24, 2.45) is 50.7 Å². The number of aliphatic hydroxyl groups is 2. The lowest BCUT2D eigenvalue weighted by molar-refractivity contribution is -0.256. The van der Waals surface area contributed by atoms with Crippen molar-refractivity contribution >= 4 is 0 Å². The van der Waals surface area contributed by atoms with Crippen LogP contribution in [-0.2, 0) is 23.7 Å². The van der Waals surface area contributed by atoms with Crippen molar-refractivity contribution < 1.29 is 33.9 Å². The summed E-state index contributed by atoms with van der Waals surface area (Å²) in [6, 6.07) is 0.523.